The van der Waals surface area contributed by atoms with E-state index < -0.39 is 29.8 Å². The highest BCUT2D eigenvalue weighted by Crippen LogP contribution is 2.34. The number of ether oxygens (including phenoxy) is 1. The minimum Gasteiger partial charge on any atom is -0.495 e. The van der Waals surface area contributed by atoms with Gasteiger partial charge in [0.05, 0.1) is 24.1 Å². The lowest BCUT2D eigenvalue weighted by molar-refractivity contribution is -0.137. The predicted molar refractivity (Wildman–Crippen MR) is 108 cm³/mol. The van der Waals surface area contributed by atoms with Crippen molar-refractivity contribution in [3.05, 3.63) is 75.0 Å². The molecule has 1 heterocycles. The van der Waals surface area contributed by atoms with E-state index in [1.807, 2.05) is 0 Å². The average molecular weight is 482 g/mol. The molecule has 0 saturated carbocycles. The van der Waals surface area contributed by atoms with Gasteiger partial charge >= 0.3 is 6.18 Å². The first-order valence-corrected chi connectivity index (χ1v) is 9.36. The fraction of sp³-hybridized carbons (Fsp3) is 0.150. The van der Waals surface area contributed by atoms with Crippen LogP contribution in [0.2, 0.25) is 0 Å². The molecule has 1 amide bonds. The molecule has 6 nitrogen and oxygen atoms in total. The summed E-state index contributed by atoms with van der Waals surface area (Å²) < 4.78 is 45.7. The Hall–Kier alpha value is -3.14. The van der Waals surface area contributed by atoms with E-state index in [1.54, 1.807) is 24.3 Å². The molecular formula is C20H15BrF3N3O3. The van der Waals surface area contributed by atoms with Crippen LogP contribution in [0.3, 0.4) is 0 Å². The summed E-state index contributed by atoms with van der Waals surface area (Å²) in [5, 5.41) is 6.52. The second kappa shape index (κ2) is 8.70. The first-order valence-electron chi connectivity index (χ1n) is 8.56. The van der Waals surface area contributed by atoms with Gasteiger partial charge in [0, 0.05) is 16.1 Å². The van der Waals surface area contributed by atoms with Crippen molar-refractivity contribution in [2.75, 3.05) is 12.4 Å². The van der Waals surface area contributed by atoms with Crippen molar-refractivity contribution in [2.24, 2.45) is 0 Å². The van der Waals surface area contributed by atoms with Gasteiger partial charge in [0.1, 0.15) is 12.3 Å². The van der Waals surface area contributed by atoms with Crippen molar-refractivity contribution in [3.63, 3.8) is 0 Å². The second-order valence-corrected chi connectivity index (χ2v) is 7.10. The summed E-state index contributed by atoms with van der Waals surface area (Å²) >= 11 is 3.33. The van der Waals surface area contributed by atoms with Gasteiger partial charge in [-0.1, -0.05) is 28.1 Å². The van der Waals surface area contributed by atoms with Crippen molar-refractivity contribution >= 4 is 27.5 Å². The Morgan fingerprint density at radius 2 is 1.83 bits per heavy atom. The molecule has 0 bridgehead atoms. The fourth-order valence-electron chi connectivity index (χ4n) is 2.64. The Balaban J connectivity index is 1.84. The van der Waals surface area contributed by atoms with Gasteiger partial charge in [0.25, 0.3) is 5.56 Å². The molecule has 156 valence electrons. The van der Waals surface area contributed by atoms with Crippen LogP contribution in [0.4, 0.5) is 18.9 Å². The molecule has 10 heteroatoms. The maximum absolute atomic E-state index is 13.0. The van der Waals surface area contributed by atoms with Crippen LogP contribution >= 0.6 is 15.9 Å². The number of halogens is 4. The van der Waals surface area contributed by atoms with Gasteiger partial charge in [-0.2, -0.15) is 18.3 Å². The van der Waals surface area contributed by atoms with E-state index in [4.69, 9.17) is 4.74 Å². The lowest BCUT2D eigenvalue weighted by Gasteiger charge is -2.14. The number of methoxy groups -OCH3 is 1. The summed E-state index contributed by atoms with van der Waals surface area (Å²) in [6, 6.07) is 12.7. The molecule has 0 fully saturated rings. The molecule has 0 aliphatic carbocycles. The molecule has 30 heavy (non-hydrogen) atoms. The highest BCUT2D eigenvalue weighted by molar-refractivity contribution is 9.10. The van der Waals surface area contributed by atoms with Crippen molar-refractivity contribution in [1.82, 2.24) is 9.78 Å². The van der Waals surface area contributed by atoms with Crippen LogP contribution in [-0.4, -0.2) is 22.8 Å². The molecule has 0 atom stereocenters. The minimum absolute atomic E-state index is 0.0558. The summed E-state index contributed by atoms with van der Waals surface area (Å²) in [4.78, 5) is 24.5. The topological polar surface area (TPSA) is 73.2 Å². The average Bonchev–Trinajstić information content (AvgIpc) is 2.69. The molecule has 2 aromatic carbocycles. The largest absolute Gasteiger partial charge is 0.495 e. The summed E-state index contributed by atoms with van der Waals surface area (Å²) in [7, 11) is 1.27. The Bertz CT molecular complexity index is 1130. The van der Waals surface area contributed by atoms with Gasteiger partial charge in [-0.3, -0.25) is 9.59 Å². The summed E-state index contributed by atoms with van der Waals surface area (Å²) in [6.07, 6.45) is -4.58. The molecule has 0 aliphatic heterocycles. The molecule has 0 radical (unpaired) electrons. The second-order valence-electron chi connectivity index (χ2n) is 6.18. The zero-order valence-corrected chi connectivity index (χ0v) is 17.1. The summed E-state index contributed by atoms with van der Waals surface area (Å²) in [6.45, 7) is -0.484. The van der Waals surface area contributed by atoms with E-state index in [1.165, 1.54) is 19.2 Å². The van der Waals surface area contributed by atoms with E-state index in [0.29, 0.717) is 5.69 Å². The number of rotatable bonds is 5. The SMILES string of the molecule is COc1ccc(C(F)(F)F)cc1NC(=O)Cn1nc(-c2ccc(Br)cc2)ccc1=O. The third-order valence-corrected chi connectivity index (χ3v) is 4.63. The fourth-order valence-corrected chi connectivity index (χ4v) is 2.91. The molecule has 1 N–H and O–H groups in total. The number of carbonyl (C=O) groups excluding carboxylic acids is 1. The highest BCUT2D eigenvalue weighted by Gasteiger charge is 2.31. The Morgan fingerprint density at radius 3 is 2.47 bits per heavy atom. The first-order chi connectivity index (χ1) is 14.2. The molecular weight excluding hydrogens is 467 g/mol. The van der Waals surface area contributed by atoms with Crippen LogP contribution in [-0.2, 0) is 17.5 Å². The molecule has 1 aromatic heterocycles. The van der Waals surface area contributed by atoms with Crippen LogP contribution in [0.15, 0.2) is 63.9 Å². The molecule has 3 rings (SSSR count). The number of benzene rings is 2. The monoisotopic (exact) mass is 481 g/mol. The zero-order chi connectivity index (χ0) is 21.9. The molecule has 3 aromatic rings. The number of anilines is 1. The number of nitrogens with zero attached hydrogens (tertiary/aromatic N) is 2. The highest BCUT2D eigenvalue weighted by atomic mass is 79.9. The number of hydrogen-bond acceptors (Lipinski definition) is 4. The Labute approximate surface area is 177 Å². The first kappa shape index (κ1) is 21.6. The van der Waals surface area contributed by atoms with E-state index in [2.05, 4.69) is 26.3 Å². The standard InChI is InChI=1S/C20H15BrF3N3O3/c1-30-17-8-4-13(20(22,23)24)10-16(17)25-18(28)11-27-19(29)9-7-15(26-27)12-2-5-14(21)6-3-12/h2-10H,11H2,1H3,(H,25,28). The van der Waals surface area contributed by atoms with Crippen LogP contribution in [0.5, 0.6) is 5.75 Å². The van der Waals surface area contributed by atoms with Gasteiger partial charge in [-0.05, 0) is 36.4 Å². The van der Waals surface area contributed by atoms with E-state index >= 15 is 0 Å². The third-order valence-electron chi connectivity index (χ3n) is 4.10. The lowest BCUT2D eigenvalue weighted by Crippen LogP contribution is -2.29. The third kappa shape index (κ3) is 5.07. The van der Waals surface area contributed by atoms with Crippen molar-refractivity contribution in [1.29, 1.82) is 0 Å². The number of aromatic nitrogens is 2. The molecule has 0 spiro atoms. The van der Waals surface area contributed by atoms with E-state index in [-0.39, 0.29) is 11.4 Å². The molecule has 0 unspecified atom stereocenters. The van der Waals surface area contributed by atoms with Gasteiger partial charge in [-0.15, -0.1) is 0 Å². The van der Waals surface area contributed by atoms with Gasteiger partial charge < -0.3 is 10.1 Å². The normalized spacial score (nSPS) is 11.2. The van der Waals surface area contributed by atoms with Crippen LogP contribution in [0.1, 0.15) is 5.56 Å². The van der Waals surface area contributed by atoms with Crippen LogP contribution < -0.4 is 15.6 Å². The number of hydrogen-bond donors (Lipinski definition) is 1. The van der Waals surface area contributed by atoms with Crippen LogP contribution in [0, 0.1) is 0 Å². The van der Waals surface area contributed by atoms with E-state index in [9.17, 15) is 22.8 Å². The van der Waals surface area contributed by atoms with Gasteiger partial charge in [0.15, 0.2) is 0 Å². The molecule has 0 aliphatic rings. The minimum atomic E-state index is -4.58. The lowest BCUT2D eigenvalue weighted by atomic mass is 10.1. The van der Waals surface area contributed by atoms with E-state index in [0.717, 1.165) is 32.9 Å². The summed E-state index contributed by atoms with van der Waals surface area (Å²) in [5.41, 5.74) is -0.430. The maximum Gasteiger partial charge on any atom is 0.416 e. The maximum atomic E-state index is 13.0. The van der Waals surface area contributed by atoms with Gasteiger partial charge in [0.2, 0.25) is 5.91 Å². The summed E-state index contributed by atoms with van der Waals surface area (Å²) in [5.74, 6) is -0.671. The zero-order valence-electron chi connectivity index (χ0n) is 15.5. The van der Waals surface area contributed by atoms with Crippen molar-refractivity contribution < 1.29 is 22.7 Å². The van der Waals surface area contributed by atoms with Gasteiger partial charge in [-0.25, -0.2) is 4.68 Å². The van der Waals surface area contributed by atoms with Crippen molar-refractivity contribution in [2.45, 2.75) is 12.7 Å². The molecule has 0 saturated heterocycles. The Kier molecular flexibility index (Phi) is 6.25. The predicted octanol–water partition coefficient (Wildman–Crippen LogP) is 4.34. The number of amides is 1. The van der Waals surface area contributed by atoms with Crippen molar-refractivity contribution in [3.8, 4) is 17.0 Å². The quantitative estimate of drug-likeness (QED) is 0.588. The Morgan fingerprint density at radius 1 is 1.13 bits per heavy atom. The number of nitrogens with one attached hydrogen (secondary N) is 1. The smallest absolute Gasteiger partial charge is 0.416 e. The van der Waals surface area contributed by atoms with Crippen LogP contribution in [0.25, 0.3) is 11.3 Å². The number of alkyl halides is 3. The number of carbonyl (C=O) groups is 1.